The molecular weight excluding hydrogens is 503 g/mol. The van der Waals surface area contributed by atoms with Crippen molar-refractivity contribution in [3.8, 4) is 0 Å². The Morgan fingerprint density at radius 2 is 2.00 bits per heavy atom. The molecule has 0 unspecified atom stereocenters. The van der Waals surface area contributed by atoms with Crippen LogP contribution in [-0.4, -0.2) is 27.0 Å². The molecule has 1 amide bonds. The van der Waals surface area contributed by atoms with E-state index >= 15 is 0 Å². The van der Waals surface area contributed by atoms with Crippen LogP contribution in [0.25, 0.3) is 5.52 Å². The SMILES string of the molecule is O=C(NCC1CCC(c2nc(I)c3c(Cl)nccn23)CC1)OCc1ccccc1. The van der Waals surface area contributed by atoms with Crippen molar-refractivity contribution in [2.24, 2.45) is 5.92 Å². The van der Waals surface area contributed by atoms with Gasteiger partial charge in [-0.25, -0.2) is 14.8 Å². The number of alkyl carbamates (subject to hydrolysis) is 1. The summed E-state index contributed by atoms with van der Waals surface area (Å²) < 4.78 is 8.25. The molecule has 1 aromatic carbocycles. The predicted octanol–water partition coefficient (Wildman–Crippen LogP) is 5.19. The summed E-state index contributed by atoms with van der Waals surface area (Å²) in [6.07, 6.45) is 7.48. The molecule has 1 saturated carbocycles. The van der Waals surface area contributed by atoms with E-state index in [4.69, 9.17) is 21.3 Å². The van der Waals surface area contributed by atoms with Crippen LogP contribution in [0.15, 0.2) is 42.7 Å². The van der Waals surface area contributed by atoms with Crippen LogP contribution in [0.3, 0.4) is 0 Å². The summed E-state index contributed by atoms with van der Waals surface area (Å²) in [5.41, 5.74) is 1.87. The first kappa shape index (κ1) is 20.4. The van der Waals surface area contributed by atoms with Crippen molar-refractivity contribution in [3.05, 3.63) is 63.0 Å². The quantitative estimate of drug-likeness (QED) is 0.467. The van der Waals surface area contributed by atoms with Gasteiger partial charge in [0.2, 0.25) is 0 Å². The number of ether oxygens (including phenoxy) is 1. The average molecular weight is 525 g/mol. The first-order chi connectivity index (χ1) is 14.1. The van der Waals surface area contributed by atoms with Crippen LogP contribution in [0.2, 0.25) is 5.15 Å². The van der Waals surface area contributed by atoms with Crippen LogP contribution in [0.1, 0.15) is 43.0 Å². The Kier molecular flexibility index (Phi) is 6.54. The molecule has 1 N–H and O–H groups in total. The van der Waals surface area contributed by atoms with Gasteiger partial charge in [0.1, 0.15) is 21.6 Å². The van der Waals surface area contributed by atoms with Gasteiger partial charge >= 0.3 is 6.09 Å². The van der Waals surface area contributed by atoms with Crippen LogP contribution >= 0.6 is 34.2 Å². The third-order valence-electron chi connectivity index (χ3n) is 5.45. The number of rotatable bonds is 5. The molecule has 0 radical (unpaired) electrons. The van der Waals surface area contributed by atoms with E-state index in [2.05, 4.69) is 37.3 Å². The van der Waals surface area contributed by atoms with E-state index in [-0.39, 0.29) is 6.09 Å². The van der Waals surface area contributed by atoms with Gasteiger partial charge in [-0.3, -0.25) is 4.40 Å². The molecule has 29 heavy (non-hydrogen) atoms. The van der Waals surface area contributed by atoms with Crippen molar-refractivity contribution in [2.75, 3.05) is 6.54 Å². The van der Waals surface area contributed by atoms with E-state index < -0.39 is 0 Å². The minimum Gasteiger partial charge on any atom is -0.445 e. The predicted molar refractivity (Wildman–Crippen MR) is 120 cm³/mol. The van der Waals surface area contributed by atoms with Crippen molar-refractivity contribution in [1.29, 1.82) is 0 Å². The summed E-state index contributed by atoms with van der Waals surface area (Å²) in [5.74, 6) is 1.92. The molecule has 1 aliphatic rings. The summed E-state index contributed by atoms with van der Waals surface area (Å²) in [6, 6.07) is 9.70. The molecule has 0 saturated heterocycles. The number of hydrogen-bond donors (Lipinski definition) is 1. The highest BCUT2D eigenvalue weighted by molar-refractivity contribution is 14.1. The highest BCUT2D eigenvalue weighted by Gasteiger charge is 2.27. The Morgan fingerprint density at radius 3 is 2.76 bits per heavy atom. The Bertz CT molecular complexity index is 987. The number of imidazole rings is 1. The number of halogens is 2. The van der Waals surface area contributed by atoms with Gasteiger partial charge in [0.05, 0.1) is 0 Å². The zero-order valence-corrected chi connectivity index (χ0v) is 18.8. The first-order valence-corrected chi connectivity index (χ1v) is 11.2. The van der Waals surface area contributed by atoms with E-state index in [1.165, 1.54) is 0 Å². The first-order valence-electron chi connectivity index (χ1n) is 9.74. The summed E-state index contributed by atoms with van der Waals surface area (Å²) in [4.78, 5) is 20.9. The third-order valence-corrected chi connectivity index (χ3v) is 6.48. The van der Waals surface area contributed by atoms with Gasteiger partial charge in [0.15, 0.2) is 5.15 Å². The lowest BCUT2D eigenvalue weighted by Gasteiger charge is -2.27. The van der Waals surface area contributed by atoms with Crippen LogP contribution < -0.4 is 5.32 Å². The van der Waals surface area contributed by atoms with Crippen LogP contribution in [0.4, 0.5) is 4.79 Å². The zero-order valence-electron chi connectivity index (χ0n) is 15.9. The maximum atomic E-state index is 12.0. The molecule has 1 aliphatic carbocycles. The second kappa shape index (κ2) is 9.30. The molecule has 2 aromatic heterocycles. The van der Waals surface area contributed by atoms with Crippen molar-refractivity contribution >= 4 is 45.8 Å². The number of carbonyl (C=O) groups excluding carboxylic acids is 1. The lowest BCUT2D eigenvalue weighted by Crippen LogP contribution is -2.31. The summed E-state index contributed by atoms with van der Waals surface area (Å²) in [6.45, 7) is 0.943. The summed E-state index contributed by atoms with van der Waals surface area (Å²) >= 11 is 8.46. The third kappa shape index (κ3) is 4.83. The van der Waals surface area contributed by atoms with Crippen molar-refractivity contribution in [2.45, 2.75) is 38.2 Å². The Hall–Kier alpha value is -1.87. The number of nitrogens with zero attached hydrogens (tertiary/aromatic N) is 3. The lowest BCUT2D eigenvalue weighted by atomic mass is 9.81. The summed E-state index contributed by atoms with van der Waals surface area (Å²) in [7, 11) is 0. The monoisotopic (exact) mass is 524 g/mol. The smallest absolute Gasteiger partial charge is 0.407 e. The molecule has 152 valence electrons. The maximum Gasteiger partial charge on any atom is 0.407 e. The van der Waals surface area contributed by atoms with E-state index in [0.717, 1.165) is 46.3 Å². The Balaban J connectivity index is 1.27. The zero-order chi connectivity index (χ0) is 20.2. The fraction of sp³-hybridized carbons (Fsp3) is 0.381. The van der Waals surface area contributed by atoms with E-state index in [1.807, 2.05) is 36.5 Å². The number of carbonyl (C=O) groups is 1. The van der Waals surface area contributed by atoms with E-state index in [1.54, 1.807) is 6.20 Å². The minimum absolute atomic E-state index is 0.294. The molecule has 6 nitrogen and oxygen atoms in total. The van der Waals surface area contributed by atoms with Gasteiger partial charge in [-0.15, -0.1) is 0 Å². The van der Waals surface area contributed by atoms with Crippen LogP contribution in [0, 0.1) is 9.62 Å². The minimum atomic E-state index is -0.355. The fourth-order valence-electron chi connectivity index (χ4n) is 3.90. The van der Waals surface area contributed by atoms with Crippen LogP contribution in [0.5, 0.6) is 0 Å². The average Bonchev–Trinajstić information content (AvgIpc) is 3.09. The van der Waals surface area contributed by atoms with E-state index in [0.29, 0.717) is 30.1 Å². The largest absolute Gasteiger partial charge is 0.445 e. The standard InChI is InChI=1S/C21H22ClIN4O2/c22-18-17-19(23)26-20(27(17)11-10-24-18)16-8-6-14(7-9-16)12-25-21(28)29-13-15-4-2-1-3-5-15/h1-5,10-11,14,16H,6-9,12-13H2,(H,25,28). The number of hydrogen-bond acceptors (Lipinski definition) is 4. The molecule has 8 heteroatoms. The van der Waals surface area contributed by atoms with Crippen molar-refractivity contribution < 1.29 is 9.53 Å². The van der Waals surface area contributed by atoms with Gasteiger partial charge in [0, 0.05) is 24.9 Å². The number of benzene rings is 1. The molecule has 0 spiro atoms. The second-order valence-corrected chi connectivity index (χ2v) is 8.74. The lowest BCUT2D eigenvalue weighted by molar-refractivity contribution is 0.136. The second-order valence-electron chi connectivity index (χ2n) is 7.36. The van der Waals surface area contributed by atoms with Gasteiger partial charge < -0.3 is 10.1 Å². The maximum absolute atomic E-state index is 12.0. The topological polar surface area (TPSA) is 68.5 Å². The van der Waals surface area contributed by atoms with Gasteiger partial charge in [-0.05, 0) is 59.8 Å². The molecular formula is C21H22ClIN4O2. The highest BCUT2D eigenvalue weighted by atomic mass is 127. The molecule has 2 heterocycles. The van der Waals surface area contributed by atoms with Gasteiger partial charge in [0.25, 0.3) is 0 Å². The van der Waals surface area contributed by atoms with Gasteiger partial charge in [-0.2, -0.15) is 0 Å². The molecule has 0 atom stereocenters. The highest BCUT2D eigenvalue weighted by Crippen LogP contribution is 2.36. The van der Waals surface area contributed by atoms with Crippen molar-refractivity contribution in [1.82, 2.24) is 19.7 Å². The van der Waals surface area contributed by atoms with E-state index in [9.17, 15) is 4.79 Å². The number of nitrogens with one attached hydrogen (secondary N) is 1. The molecule has 4 rings (SSSR count). The Morgan fingerprint density at radius 1 is 1.24 bits per heavy atom. The van der Waals surface area contributed by atoms with Crippen molar-refractivity contribution in [3.63, 3.8) is 0 Å². The fourth-order valence-corrected chi connectivity index (χ4v) is 5.06. The number of amides is 1. The normalized spacial score (nSPS) is 19.2. The number of fused-ring (bicyclic) bond motifs is 1. The molecule has 3 aromatic rings. The Labute approximate surface area is 188 Å². The molecule has 1 fully saturated rings. The molecule has 0 aliphatic heterocycles. The summed E-state index contributed by atoms with van der Waals surface area (Å²) in [5, 5.41) is 3.40. The number of aromatic nitrogens is 3. The van der Waals surface area contributed by atoms with Gasteiger partial charge in [-0.1, -0.05) is 41.9 Å². The van der Waals surface area contributed by atoms with Crippen LogP contribution in [-0.2, 0) is 11.3 Å². The molecule has 0 bridgehead atoms.